The molecule has 0 bridgehead atoms. The SMILES string of the molecule is CC(OCC1CCCO1)C(=O)N1CC=C(c2c[nH]c3cc(F)ccc23)CC1. The molecule has 1 N–H and O–H groups in total. The summed E-state index contributed by atoms with van der Waals surface area (Å²) in [5, 5.41) is 1.01. The van der Waals surface area contributed by atoms with Crippen molar-refractivity contribution in [3.8, 4) is 0 Å². The van der Waals surface area contributed by atoms with Crippen LogP contribution in [-0.2, 0) is 14.3 Å². The van der Waals surface area contributed by atoms with Crippen LogP contribution in [0.15, 0.2) is 30.5 Å². The predicted molar refractivity (Wildman–Crippen MR) is 102 cm³/mol. The molecule has 1 amide bonds. The molecule has 6 heteroatoms. The first-order valence-corrected chi connectivity index (χ1v) is 9.60. The minimum absolute atomic E-state index is 0.0179. The zero-order chi connectivity index (χ0) is 18.8. The van der Waals surface area contributed by atoms with Crippen LogP contribution < -0.4 is 0 Å². The lowest BCUT2D eigenvalue weighted by Crippen LogP contribution is -2.42. The van der Waals surface area contributed by atoms with E-state index in [4.69, 9.17) is 9.47 Å². The molecule has 0 spiro atoms. The van der Waals surface area contributed by atoms with E-state index in [2.05, 4.69) is 11.1 Å². The second-order valence-electron chi connectivity index (χ2n) is 7.27. The minimum Gasteiger partial charge on any atom is -0.376 e. The molecule has 2 aliphatic rings. The largest absolute Gasteiger partial charge is 0.376 e. The van der Waals surface area contributed by atoms with Gasteiger partial charge in [-0.3, -0.25) is 4.79 Å². The maximum Gasteiger partial charge on any atom is 0.251 e. The number of benzene rings is 1. The number of H-pyrrole nitrogens is 1. The van der Waals surface area contributed by atoms with Crippen LogP contribution in [0.2, 0.25) is 0 Å². The molecule has 2 unspecified atom stereocenters. The lowest BCUT2D eigenvalue weighted by atomic mass is 9.98. The number of nitrogens with one attached hydrogen (secondary N) is 1. The van der Waals surface area contributed by atoms with Gasteiger partial charge in [0.25, 0.3) is 5.91 Å². The Bertz CT molecular complexity index is 854. The molecule has 2 aliphatic heterocycles. The van der Waals surface area contributed by atoms with E-state index in [9.17, 15) is 9.18 Å². The zero-order valence-electron chi connectivity index (χ0n) is 15.5. The third kappa shape index (κ3) is 3.92. The Kier molecular flexibility index (Phi) is 5.27. The van der Waals surface area contributed by atoms with Crippen LogP contribution in [0.1, 0.15) is 31.7 Å². The molecule has 0 aliphatic carbocycles. The summed E-state index contributed by atoms with van der Waals surface area (Å²) < 4.78 is 24.6. The summed E-state index contributed by atoms with van der Waals surface area (Å²) in [6.07, 6.45) is 6.51. The summed E-state index contributed by atoms with van der Waals surface area (Å²) in [6, 6.07) is 4.78. The van der Waals surface area contributed by atoms with Crippen molar-refractivity contribution < 1.29 is 18.7 Å². The molecule has 4 rings (SSSR count). The monoisotopic (exact) mass is 372 g/mol. The van der Waals surface area contributed by atoms with Gasteiger partial charge in [0.1, 0.15) is 11.9 Å². The highest BCUT2D eigenvalue weighted by atomic mass is 19.1. The van der Waals surface area contributed by atoms with Crippen LogP contribution in [0.5, 0.6) is 0 Å². The summed E-state index contributed by atoms with van der Waals surface area (Å²) >= 11 is 0. The van der Waals surface area contributed by atoms with Crippen molar-refractivity contribution in [1.29, 1.82) is 0 Å². The van der Waals surface area contributed by atoms with Gasteiger partial charge in [0.2, 0.25) is 0 Å². The number of carbonyl (C=O) groups is 1. The summed E-state index contributed by atoms with van der Waals surface area (Å²) in [4.78, 5) is 17.6. The molecular formula is C21H25FN2O3. The lowest BCUT2D eigenvalue weighted by Gasteiger charge is -2.29. The number of rotatable bonds is 5. The Balaban J connectivity index is 1.37. The smallest absolute Gasteiger partial charge is 0.251 e. The van der Waals surface area contributed by atoms with E-state index in [-0.39, 0.29) is 17.8 Å². The number of aromatic amines is 1. The predicted octanol–water partition coefficient (Wildman–Crippen LogP) is 3.51. The van der Waals surface area contributed by atoms with Gasteiger partial charge in [-0.2, -0.15) is 0 Å². The molecule has 3 heterocycles. The topological polar surface area (TPSA) is 54.6 Å². The van der Waals surface area contributed by atoms with Crippen molar-refractivity contribution in [3.63, 3.8) is 0 Å². The molecule has 1 saturated heterocycles. The fourth-order valence-electron chi connectivity index (χ4n) is 3.83. The van der Waals surface area contributed by atoms with Crippen LogP contribution >= 0.6 is 0 Å². The van der Waals surface area contributed by atoms with Crippen LogP contribution in [0.3, 0.4) is 0 Å². The number of amides is 1. The summed E-state index contributed by atoms with van der Waals surface area (Å²) in [5.41, 5.74) is 3.06. The van der Waals surface area contributed by atoms with Crippen molar-refractivity contribution in [2.75, 3.05) is 26.3 Å². The number of hydrogen-bond donors (Lipinski definition) is 1. The van der Waals surface area contributed by atoms with Crippen LogP contribution in [0.4, 0.5) is 4.39 Å². The Morgan fingerprint density at radius 2 is 2.37 bits per heavy atom. The summed E-state index contributed by atoms with van der Waals surface area (Å²) in [5.74, 6) is -0.230. The molecule has 0 radical (unpaired) electrons. The Morgan fingerprint density at radius 3 is 3.11 bits per heavy atom. The Hall–Kier alpha value is -2.18. The van der Waals surface area contributed by atoms with Crippen LogP contribution in [0, 0.1) is 5.82 Å². The van der Waals surface area contributed by atoms with Gasteiger partial charge in [-0.1, -0.05) is 6.08 Å². The zero-order valence-corrected chi connectivity index (χ0v) is 15.5. The van der Waals surface area contributed by atoms with E-state index in [1.807, 2.05) is 18.0 Å². The standard InChI is InChI=1S/C21H25FN2O3/c1-14(27-13-17-3-2-10-26-17)21(25)24-8-6-15(7-9-24)19-12-23-20-11-16(22)4-5-18(19)20/h4-6,11-12,14,17,23H,2-3,7-10,13H2,1H3. The van der Waals surface area contributed by atoms with E-state index < -0.39 is 6.10 Å². The average molecular weight is 372 g/mol. The van der Waals surface area contributed by atoms with Crippen molar-refractivity contribution in [1.82, 2.24) is 9.88 Å². The number of fused-ring (bicyclic) bond motifs is 1. The van der Waals surface area contributed by atoms with Gasteiger partial charge >= 0.3 is 0 Å². The molecule has 1 aromatic heterocycles. The number of carbonyl (C=O) groups excluding carboxylic acids is 1. The van der Waals surface area contributed by atoms with Gasteiger partial charge < -0.3 is 19.4 Å². The summed E-state index contributed by atoms with van der Waals surface area (Å²) in [7, 11) is 0. The maximum atomic E-state index is 13.4. The first-order valence-electron chi connectivity index (χ1n) is 9.60. The Labute approximate surface area is 158 Å². The van der Waals surface area contributed by atoms with Crippen LogP contribution in [0.25, 0.3) is 16.5 Å². The van der Waals surface area contributed by atoms with E-state index in [0.717, 1.165) is 42.3 Å². The molecule has 5 nitrogen and oxygen atoms in total. The van der Waals surface area contributed by atoms with Gasteiger partial charge in [0, 0.05) is 42.4 Å². The van der Waals surface area contributed by atoms with Crippen molar-refractivity contribution in [2.24, 2.45) is 0 Å². The third-order valence-corrected chi connectivity index (χ3v) is 5.41. The van der Waals surface area contributed by atoms with E-state index in [1.54, 1.807) is 6.07 Å². The lowest BCUT2D eigenvalue weighted by molar-refractivity contribution is -0.144. The van der Waals surface area contributed by atoms with Gasteiger partial charge in [-0.25, -0.2) is 4.39 Å². The van der Waals surface area contributed by atoms with Gasteiger partial charge in [0.05, 0.1) is 12.7 Å². The molecule has 2 atom stereocenters. The summed E-state index contributed by atoms with van der Waals surface area (Å²) in [6.45, 7) is 4.30. The molecule has 1 fully saturated rings. The van der Waals surface area contributed by atoms with Crippen LogP contribution in [-0.4, -0.2) is 54.3 Å². The fourth-order valence-corrected chi connectivity index (χ4v) is 3.83. The van der Waals surface area contributed by atoms with E-state index in [0.29, 0.717) is 19.7 Å². The second-order valence-corrected chi connectivity index (χ2v) is 7.27. The maximum absolute atomic E-state index is 13.4. The van der Waals surface area contributed by atoms with Gasteiger partial charge in [0.15, 0.2) is 0 Å². The highest BCUT2D eigenvalue weighted by Crippen LogP contribution is 2.29. The minimum atomic E-state index is -0.458. The number of ether oxygens (including phenoxy) is 2. The molecule has 27 heavy (non-hydrogen) atoms. The molecule has 2 aromatic rings. The van der Waals surface area contributed by atoms with Crippen molar-refractivity contribution >= 4 is 22.4 Å². The highest BCUT2D eigenvalue weighted by molar-refractivity contribution is 5.93. The first-order chi connectivity index (χ1) is 13.1. The number of nitrogens with zero attached hydrogens (tertiary/aromatic N) is 1. The Morgan fingerprint density at radius 1 is 1.48 bits per heavy atom. The number of aromatic nitrogens is 1. The van der Waals surface area contributed by atoms with Gasteiger partial charge in [-0.05, 0) is 50.0 Å². The third-order valence-electron chi connectivity index (χ3n) is 5.41. The highest BCUT2D eigenvalue weighted by Gasteiger charge is 2.25. The fraction of sp³-hybridized carbons (Fsp3) is 0.476. The molecule has 1 aromatic carbocycles. The van der Waals surface area contributed by atoms with Crippen molar-refractivity contribution in [2.45, 2.75) is 38.4 Å². The normalized spacial score (nSPS) is 21.5. The second kappa shape index (κ2) is 7.82. The number of hydrogen-bond acceptors (Lipinski definition) is 3. The van der Waals surface area contributed by atoms with E-state index in [1.165, 1.54) is 17.7 Å². The molecule has 0 saturated carbocycles. The molecule has 144 valence electrons. The first kappa shape index (κ1) is 18.2. The average Bonchev–Trinajstić information content (AvgIpc) is 3.35. The van der Waals surface area contributed by atoms with E-state index >= 15 is 0 Å². The quantitative estimate of drug-likeness (QED) is 0.874. The number of halogens is 1. The van der Waals surface area contributed by atoms with Crippen molar-refractivity contribution in [3.05, 3.63) is 41.9 Å². The van der Waals surface area contributed by atoms with Gasteiger partial charge in [-0.15, -0.1) is 0 Å². The molecular weight excluding hydrogens is 347 g/mol.